The predicted octanol–water partition coefficient (Wildman–Crippen LogP) is 7.79. The Hall–Kier alpha value is -4.86. The van der Waals surface area contributed by atoms with Crippen molar-refractivity contribution < 1.29 is 36.3 Å². The van der Waals surface area contributed by atoms with Crippen LogP contribution in [0.15, 0.2) is 66.2 Å². The van der Waals surface area contributed by atoms with Gasteiger partial charge in [-0.3, -0.25) is 19.2 Å². The van der Waals surface area contributed by atoms with E-state index in [1.165, 1.54) is 32.0 Å². The number of carbonyl (C=O) groups excluding carboxylic acids is 2. The largest absolute Gasteiger partial charge is 0.463 e. The van der Waals surface area contributed by atoms with E-state index in [0.717, 1.165) is 42.1 Å². The third-order valence-electron chi connectivity index (χ3n) is 10.4. The van der Waals surface area contributed by atoms with Crippen LogP contribution in [0.3, 0.4) is 0 Å². The molecule has 0 spiro atoms. The monoisotopic (exact) mass is 772 g/mol. The molecule has 0 radical (unpaired) electrons. The van der Waals surface area contributed by atoms with E-state index in [0.29, 0.717) is 16.3 Å². The number of esters is 1. The van der Waals surface area contributed by atoms with Gasteiger partial charge in [0.25, 0.3) is 11.8 Å². The molecule has 2 aromatic heterocycles. The molecular weight excluding hydrogens is 735 g/mol. The smallest absolute Gasteiger partial charge is 0.335 e. The number of rotatable bonds is 14. The van der Waals surface area contributed by atoms with E-state index in [-0.39, 0.29) is 40.8 Å². The van der Waals surface area contributed by atoms with Gasteiger partial charge in [-0.1, -0.05) is 41.9 Å². The second kappa shape index (κ2) is 13.5. The number of guanidine groups is 1. The van der Waals surface area contributed by atoms with Gasteiger partial charge in [-0.2, -0.15) is 23.7 Å². The first-order chi connectivity index (χ1) is 25.4. The van der Waals surface area contributed by atoms with Gasteiger partial charge >= 0.3 is 12.5 Å². The fourth-order valence-electron chi connectivity index (χ4n) is 7.13. The molecule has 3 aliphatic rings. The minimum Gasteiger partial charge on any atom is -0.463 e. The summed E-state index contributed by atoms with van der Waals surface area (Å²) in [5.74, 6) is -5.47. The number of ether oxygens (including phenoxy) is 1. The SMILES string of the molecule is CC(C)(F)C[C@]1(c2ccc(-c3cnn(C4CC4)c3)cc2)N=C(N)N([C@H](COC(=O)CC2(C(C)(F)F)CC2)c2ccc(Cl)c(-c3ncnn3C(F)F)c2)C1=O. The van der Waals surface area contributed by atoms with Crippen molar-refractivity contribution in [2.45, 2.75) is 95.1 Å². The summed E-state index contributed by atoms with van der Waals surface area (Å²) in [7, 11) is 0. The maximum atomic E-state index is 15.7. The van der Waals surface area contributed by atoms with Gasteiger partial charge < -0.3 is 10.5 Å². The average Bonchev–Trinajstić information content (AvgIpc) is 3.97. The maximum Gasteiger partial charge on any atom is 0.335 e. The fourth-order valence-corrected chi connectivity index (χ4v) is 7.33. The van der Waals surface area contributed by atoms with Crippen LogP contribution in [0.4, 0.5) is 22.0 Å². The van der Waals surface area contributed by atoms with Gasteiger partial charge in [-0.05, 0) is 75.3 Å². The Morgan fingerprint density at radius 1 is 1.06 bits per heavy atom. The van der Waals surface area contributed by atoms with Crippen LogP contribution >= 0.6 is 11.6 Å². The topological polar surface area (TPSA) is 134 Å². The molecule has 0 unspecified atom stereocenters. The van der Waals surface area contributed by atoms with Crippen LogP contribution in [0.5, 0.6) is 0 Å². The molecule has 17 heteroatoms. The summed E-state index contributed by atoms with van der Waals surface area (Å²) in [6, 6.07) is 10.2. The summed E-state index contributed by atoms with van der Waals surface area (Å²) >= 11 is 6.45. The van der Waals surface area contributed by atoms with Gasteiger partial charge in [0.2, 0.25) is 0 Å². The molecule has 7 rings (SSSR count). The first-order valence-electron chi connectivity index (χ1n) is 17.5. The van der Waals surface area contributed by atoms with Crippen LogP contribution in [-0.4, -0.2) is 65.5 Å². The minimum atomic E-state index is -3.13. The van der Waals surface area contributed by atoms with Crippen molar-refractivity contribution in [3.63, 3.8) is 0 Å². The lowest BCUT2D eigenvalue weighted by Gasteiger charge is -2.33. The van der Waals surface area contributed by atoms with Crippen molar-refractivity contribution in [3.8, 4) is 22.5 Å². The molecule has 2 saturated carbocycles. The van der Waals surface area contributed by atoms with Crippen molar-refractivity contribution in [3.05, 3.63) is 77.3 Å². The number of carbonyl (C=O) groups is 2. The number of halogens is 6. The molecule has 0 bridgehead atoms. The number of hydrogen-bond donors (Lipinski definition) is 1. The molecule has 4 aromatic rings. The quantitative estimate of drug-likeness (QED) is 0.102. The molecule has 1 amide bonds. The highest BCUT2D eigenvalue weighted by Gasteiger charge is 2.60. The van der Waals surface area contributed by atoms with Crippen LogP contribution < -0.4 is 5.73 Å². The van der Waals surface area contributed by atoms with Crippen molar-refractivity contribution in [2.75, 3.05) is 6.61 Å². The first kappa shape index (κ1) is 37.5. The minimum absolute atomic E-state index is 0.00441. The molecule has 2 aromatic carbocycles. The second-order valence-corrected chi connectivity index (χ2v) is 15.4. The van der Waals surface area contributed by atoms with E-state index in [9.17, 15) is 27.2 Å². The molecule has 2 atom stereocenters. The zero-order valence-electron chi connectivity index (χ0n) is 29.7. The molecule has 1 aliphatic heterocycles. The number of aliphatic imine (C=N–C) groups is 1. The number of benzene rings is 2. The number of amides is 1. The van der Waals surface area contributed by atoms with Crippen LogP contribution in [-0.2, 0) is 19.9 Å². The summed E-state index contributed by atoms with van der Waals surface area (Å²) < 4.78 is 80.0. The van der Waals surface area contributed by atoms with Gasteiger partial charge in [-0.15, -0.1) is 0 Å². The zero-order valence-corrected chi connectivity index (χ0v) is 30.4. The number of nitrogens with zero attached hydrogens (tertiary/aromatic N) is 7. The van der Waals surface area contributed by atoms with Gasteiger partial charge in [-0.25, -0.2) is 23.1 Å². The van der Waals surface area contributed by atoms with E-state index in [1.54, 1.807) is 30.5 Å². The van der Waals surface area contributed by atoms with Crippen molar-refractivity contribution in [1.82, 2.24) is 29.4 Å². The van der Waals surface area contributed by atoms with Gasteiger partial charge in [0.15, 0.2) is 17.3 Å². The lowest BCUT2D eigenvalue weighted by molar-refractivity contribution is -0.153. The van der Waals surface area contributed by atoms with Crippen LogP contribution in [0.2, 0.25) is 5.02 Å². The Morgan fingerprint density at radius 3 is 2.37 bits per heavy atom. The highest BCUT2D eigenvalue weighted by molar-refractivity contribution is 6.33. The van der Waals surface area contributed by atoms with E-state index in [2.05, 4.69) is 20.2 Å². The number of aromatic nitrogens is 5. The lowest BCUT2D eigenvalue weighted by atomic mass is 9.80. The zero-order chi connectivity index (χ0) is 38.8. The van der Waals surface area contributed by atoms with Crippen molar-refractivity contribution in [2.24, 2.45) is 16.1 Å². The molecule has 0 saturated heterocycles. The molecule has 54 heavy (non-hydrogen) atoms. The fraction of sp³-hybridized carbons (Fsp3) is 0.459. The van der Waals surface area contributed by atoms with Crippen molar-refractivity contribution >= 4 is 29.4 Å². The predicted molar refractivity (Wildman–Crippen MR) is 188 cm³/mol. The Morgan fingerprint density at radius 2 is 1.76 bits per heavy atom. The molecule has 2 fully saturated rings. The lowest BCUT2D eigenvalue weighted by Crippen LogP contribution is -2.48. The number of alkyl halides is 5. The summed E-state index contributed by atoms with van der Waals surface area (Å²) in [5.41, 5.74) is 3.35. The Bertz CT molecular complexity index is 2100. The Balaban J connectivity index is 1.26. The summed E-state index contributed by atoms with van der Waals surface area (Å²) in [6.07, 6.45) is 5.99. The van der Waals surface area contributed by atoms with Crippen LogP contribution in [0.1, 0.15) is 89.1 Å². The van der Waals surface area contributed by atoms with E-state index in [4.69, 9.17) is 22.1 Å². The normalized spacial score (nSPS) is 20.4. The van der Waals surface area contributed by atoms with Gasteiger partial charge in [0.05, 0.1) is 29.7 Å². The molecule has 2 aliphatic carbocycles. The standard InChI is InChI=1S/C37H38ClF5N8O3/c1-34(2,41)19-37(24-7-4-21(5-8-24)23-16-46-49(17-23)25-9-10-25)31(53)50(33(44)48-37)28(18-54-29(52)15-36(12-13-36)35(3,42)43)22-6-11-27(38)26(14-22)30-45-20-47-51(30)32(39)40/h4-8,11,14,16-17,20,25,28,32H,9-10,12-13,15,18-19H2,1-3H3,(H2,44,48)/t28-,37-/m1/s1. The highest BCUT2D eigenvalue weighted by Crippen LogP contribution is 2.59. The number of nitrogens with two attached hydrogens (primary N) is 1. The van der Waals surface area contributed by atoms with Crippen LogP contribution in [0.25, 0.3) is 22.5 Å². The molecule has 2 N–H and O–H groups in total. The second-order valence-electron chi connectivity index (χ2n) is 15.0. The highest BCUT2D eigenvalue weighted by atomic mass is 35.5. The van der Waals surface area contributed by atoms with Gasteiger partial charge in [0, 0.05) is 29.2 Å². The molecular formula is C37H38ClF5N8O3. The molecule has 3 heterocycles. The number of hydrogen-bond acceptors (Lipinski definition) is 8. The maximum absolute atomic E-state index is 15.7. The average molecular weight is 773 g/mol. The first-order valence-corrected chi connectivity index (χ1v) is 17.8. The Kier molecular flexibility index (Phi) is 9.34. The Labute approximate surface area is 312 Å². The third-order valence-corrected chi connectivity index (χ3v) is 10.7. The summed E-state index contributed by atoms with van der Waals surface area (Å²) in [4.78, 5) is 37.6. The molecule has 286 valence electrons. The van der Waals surface area contributed by atoms with E-state index in [1.807, 2.05) is 10.9 Å². The van der Waals surface area contributed by atoms with Gasteiger partial charge in [0.1, 0.15) is 18.6 Å². The van der Waals surface area contributed by atoms with Crippen molar-refractivity contribution in [1.29, 1.82) is 0 Å². The summed E-state index contributed by atoms with van der Waals surface area (Å²) in [5, 5.41) is 8.03. The summed E-state index contributed by atoms with van der Waals surface area (Å²) in [6.45, 7) is -0.313. The molecule has 11 nitrogen and oxygen atoms in total. The van der Waals surface area contributed by atoms with Crippen LogP contribution in [0, 0.1) is 5.41 Å². The third kappa shape index (κ3) is 7.07. The van der Waals surface area contributed by atoms with E-state index >= 15 is 4.39 Å². The van der Waals surface area contributed by atoms with E-state index < -0.39 is 66.5 Å².